The molecule has 0 unspecified atom stereocenters. The van der Waals surface area contributed by atoms with E-state index in [2.05, 4.69) is 48.0 Å². The number of rotatable bonds is 6. The molecule has 0 aliphatic rings. The third kappa shape index (κ3) is 4.08. The standard InChI is InChI=1S/C20H20FNO/c1-16-19(15-23-14-18-7-9-20(21)10-8-18)11-12-22(16)13-17-5-3-2-4-6-17/h2-12H,13-15H2,1H3. The smallest absolute Gasteiger partial charge is 0.123 e. The van der Waals surface area contributed by atoms with Crippen LogP contribution in [-0.2, 0) is 24.5 Å². The van der Waals surface area contributed by atoms with Crippen LogP contribution in [0.5, 0.6) is 0 Å². The highest BCUT2D eigenvalue weighted by atomic mass is 19.1. The Morgan fingerprint density at radius 1 is 0.870 bits per heavy atom. The van der Waals surface area contributed by atoms with Gasteiger partial charge in [-0.1, -0.05) is 42.5 Å². The van der Waals surface area contributed by atoms with Crippen LogP contribution in [0.3, 0.4) is 0 Å². The molecule has 0 saturated heterocycles. The number of hydrogen-bond acceptors (Lipinski definition) is 1. The molecule has 0 spiro atoms. The maximum Gasteiger partial charge on any atom is 0.123 e. The van der Waals surface area contributed by atoms with Gasteiger partial charge in [0, 0.05) is 18.4 Å². The molecule has 23 heavy (non-hydrogen) atoms. The summed E-state index contributed by atoms with van der Waals surface area (Å²) in [6, 6.07) is 18.9. The fourth-order valence-corrected chi connectivity index (χ4v) is 2.56. The second kappa shape index (κ2) is 7.25. The molecule has 2 nitrogen and oxygen atoms in total. The van der Waals surface area contributed by atoms with Crippen molar-refractivity contribution in [3.8, 4) is 0 Å². The average Bonchev–Trinajstić information content (AvgIpc) is 2.91. The van der Waals surface area contributed by atoms with Gasteiger partial charge in [-0.3, -0.25) is 0 Å². The molecule has 0 atom stereocenters. The number of benzene rings is 2. The van der Waals surface area contributed by atoms with E-state index in [1.165, 1.54) is 29.0 Å². The zero-order valence-corrected chi connectivity index (χ0v) is 13.2. The molecule has 0 aliphatic carbocycles. The van der Waals surface area contributed by atoms with Gasteiger partial charge in [-0.05, 0) is 41.8 Å². The molecule has 0 bridgehead atoms. The van der Waals surface area contributed by atoms with Crippen LogP contribution in [0.15, 0.2) is 66.9 Å². The van der Waals surface area contributed by atoms with Gasteiger partial charge >= 0.3 is 0 Å². The van der Waals surface area contributed by atoms with Crippen LogP contribution in [0.4, 0.5) is 4.39 Å². The second-order valence-electron chi connectivity index (χ2n) is 5.66. The van der Waals surface area contributed by atoms with E-state index in [0.717, 1.165) is 12.1 Å². The molecule has 0 aliphatic heterocycles. The fraction of sp³-hybridized carbons (Fsp3) is 0.200. The summed E-state index contributed by atoms with van der Waals surface area (Å²) < 4.78 is 20.8. The minimum atomic E-state index is -0.220. The topological polar surface area (TPSA) is 14.2 Å². The van der Waals surface area contributed by atoms with Crippen molar-refractivity contribution in [1.29, 1.82) is 0 Å². The highest BCUT2D eigenvalue weighted by molar-refractivity contribution is 5.23. The van der Waals surface area contributed by atoms with Gasteiger partial charge in [0.25, 0.3) is 0 Å². The molecule has 0 radical (unpaired) electrons. The van der Waals surface area contributed by atoms with E-state index in [-0.39, 0.29) is 5.82 Å². The minimum absolute atomic E-state index is 0.220. The molecular formula is C20H20FNO. The quantitative estimate of drug-likeness (QED) is 0.644. The first kappa shape index (κ1) is 15.5. The van der Waals surface area contributed by atoms with Crippen molar-refractivity contribution in [3.05, 3.63) is 95.1 Å². The van der Waals surface area contributed by atoms with Gasteiger partial charge in [-0.15, -0.1) is 0 Å². The Kier molecular flexibility index (Phi) is 4.89. The number of aromatic nitrogens is 1. The van der Waals surface area contributed by atoms with Crippen LogP contribution in [0.25, 0.3) is 0 Å². The van der Waals surface area contributed by atoms with Crippen molar-refractivity contribution in [2.75, 3.05) is 0 Å². The lowest BCUT2D eigenvalue weighted by Gasteiger charge is -2.08. The Bertz CT molecular complexity index is 747. The van der Waals surface area contributed by atoms with Gasteiger partial charge in [0.1, 0.15) is 5.82 Å². The Morgan fingerprint density at radius 3 is 2.35 bits per heavy atom. The Morgan fingerprint density at radius 2 is 1.61 bits per heavy atom. The highest BCUT2D eigenvalue weighted by Crippen LogP contribution is 2.15. The van der Waals surface area contributed by atoms with E-state index in [1.807, 2.05) is 6.07 Å². The van der Waals surface area contributed by atoms with Crippen molar-refractivity contribution in [2.24, 2.45) is 0 Å². The molecule has 0 N–H and O–H groups in total. The normalized spacial score (nSPS) is 10.9. The van der Waals surface area contributed by atoms with Crippen molar-refractivity contribution in [3.63, 3.8) is 0 Å². The van der Waals surface area contributed by atoms with Crippen molar-refractivity contribution in [2.45, 2.75) is 26.7 Å². The monoisotopic (exact) mass is 309 g/mol. The van der Waals surface area contributed by atoms with Crippen molar-refractivity contribution >= 4 is 0 Å². The third-order valence-electron chi connectivity index (χ3n) is 3.99. The van der Waals surface area contributed by atoms with Crippen LogP contribution in [0.1, 0.15) is 22.4 Å². The number of ether oxygens (including phenoxy) is 1. The lowest BCUT2D eigenvalue weighted by Crippen LogP contribution is -2.02. The van der Waals surface area contributed by atoms with E-state index < -0.39 is 0 Å². The summed E-state index contributed by atoms with van der Waals surface area (Å²) in [5, 5.41) is 0. The van der Waals surface area contributed by atoms with E-state index in [1.54, 1.807) is 12.1 Å². The Balaban J connectivity index is 1.57. The predicted molar refractivity (Wildman–Crippen MR) is 89.6 cm³/mol. The molecule has 1 aromatic heterocycles. The molecule has 0 fully saturated rings. The minimum Gasteiger partial charge on any atom is -0.372 e. The molecule has 3 rings (SSSR count). The summed E-state index contributed by atoms with van der Waals surface area (Å²) in [5.74, 6) is -0.220. The first-order valence-electron chi connectivity index (χ1n) is 7.73. The van der Waals surface area contributed by atoms with E-state index in [0.29, 0.717) is 13.2 Å². The lowest BCUT2D eigenvalue weighted by molar-refractivity contribution is 0.106. The molecule has 3 heteroatoms. The summed E-state index contributed by atoms with van der Waals surface area (Å²) >= 11 is 0. The number of nitrogens with zero attached hydrogens (tertiary/aromatic N) is 1. The van der Waals surface area contributed by atoms with Crippen molar-refractivity contribution < 1.29 is 9.13 Å². The van der Waals surface area contributed by atoms with Gasteiger partial charge in [0.2, 0.25) is 0 Å². The summed E-state index contributed by atoms with van der Waals surface area (Å²) in [7, 11) is 0. The zero-order chi connectivity index (χ0) is 16.1. The second-order valence-corrected chi connectivity index (χ2v) is 5.66. The zero-order valence-electron chi connectivity index (χ0n) is 13.2. The maximum atomic E-state index is 12.9. The summed E-state index contributed by atoms with van der Waals surface area (Å²) in [4.78, 5) is 0. The lowest BCUT2D eigenvalue weighted by atomic mass is 10.2. The Labute approximate surface area is 136 Å². The average molecular weight is 309 g/mol. The van der Waals surface area contributed by atoms with Gasteiger partial charge < -0.3 is 9.30 Å². The van der Waals surface area contributed by atoms with Crippen LogP contribution in [0.2, 0.25) is 0 Å². The number of hydrogen-bond donors (Lipinski definition) is 0. The Hall–Kier alpha value is -2.39. The van der Waals surface area contributed by atoms with Crippen LogP contribution in [0, 0.1) is 12.7 Å². The fourth-order valence-electron chi connectivity index (χ4n) is 2.56. The van der Waals surface area contributed by atoms with E-state index >= 15 is 0 Å². The predicted octanol–water partition coefficient (Wildman–Crippen LogP) is 4.70. The molecule has 0 saturated carbocycles. The summed E-state index contributed by atoms with van der Waals surface area (Å²) in [5.41, 5.74) is 4.66. The summed E-state index contributed by atoms with van der Waals surface area (Å²) in [6.07, 6.45) is 2.10. The highest BCUT2D eigenvalue weighted by Gasteiger charge is 2.05. The first-order valence-corrected chi connectivity index (χ1v) is 7.73. The first-order chi connectivity index (χ1) is 11.2. The van der Waals surface area contributed by atoms with Gasteiger partial charge in [-0.25, -0.2) is 4.39 Å². The van der Waals surface area contributed by atoms with E-state index in [9.17, 15) is 4.39 Å². The molecule has 0 amide bonds. The molecule has 1 heterocycles. The maximum absolute atomic E-state index is 12.9. The molecule has 3 aromatic rings. The summed E-state index contributed by atoms with van der Waals surface area (Å²) in [6.45, 7) is 4.03. The largest absolute Gasteiger partial charge is 0.372 e. The van der Waals surface area contributed by atoms with Gasteiger partial charge in [0.15, 0.2) is 0 Å². The SMILES string of the molecule is Cc1c(COCc2ccc(F)cc2)ccn1Cc1ccccc1. The van der Waals surface area contributed by atoms with Gasteiger partial charge in [0.05, 0.1) is 13.2 Å². The van der Waals surface area contributed by atoms with Crippen LogP contribution < -0.4 is 0 Å². The number of halogens is 1. The molecule has 118 valence electrons. The van der Waals surface area contributed by atoms with Crippen LogP contribution >= 0.6 is 0 Å². The van der Waals surface area contributed by atoms with Crippen molar-refractivity contribution in [1.82, 2.24) is 4.57 Å². The van der Waals surface area contributed by atoms with E-state index in [4.69, 9.17) is 4.74 Å². The molecule has 2 aromatic carbocycles. The molecular weight excluding hydrogens is 289 g/mol. The van der Waals surface area contributed by atoms with Crippen LogP contribution in [-0.4, -0.2) is 4.57 Å². The van der Waals surface area contributed by atoms with Gasteiger partial charge in [-0.2, -0.15) is 0 Å². The third-order valence-corrected chi connectivity index (χ3v) is 3.99.